The van der Waals surface area contributed by atoms with Gasteiger partial charge in [-0.3, -0.25) is 4.79 Å². The predicted molar refractivity (Wildman–Crippen MR) is 84.5 cm³/mol. The van der Waals surface area contributed by atoms with Crippen molar-refractivity contribution in [1.29, 1.82) is 0 Å². The van der Waals surface area contributed by atoms with Crippen LogP contribution in [0.25, 0.3) is 0 Å². The van der Waals surface area contributed by atoms with Gasteiger partial charge in [0.1, 0.15) is 4.88 Å². The number of nitrogens with one attached hydrogen (secondary N) is 1. The van der Waals surface area contributed by atoms with E-state index in [-0.39, 0.29) is 10.8 Å². The number of rotatable bonds is 4. The number of carbonyl (C=O) groups excluding carboxylic acids is 1. The minimum absolute atomic E-state index is 0.144. The number of aromatic carboxylic acids is 1. The molecule has 2 heterocycles. The largest absolute Gasteiger partial charge is 0.490 e. The molecule has 6 nitrogen and oxygen atoms in total. The molecule has 0 fully saturated rings. The highest BCUT2D eigenvalue weighted by Crippen LogP contribution is 2.30. The van der Waals surface area contributed by atoms with E-state index in [0.29, 0.717) is 36.1 Å². The number of hydrogen-bond donors (Lipinski definition) is 2. The molecular formula is C16H15NO5S. The van der Waals surface area contributed by atoms with Crippen LogP contribution < -0.4 is 14.8 Å². The van der Waals surface area contributed by atoms with Crippen LogP contribution in [-0.2, 0) is 6.54 Å². The number of carbonyl (C=O) groups is 2. The first-order valence-electron chi connectivity index (χ1n) is 7.13. The second kappa shape index (κ2) is 6.70. The number of ether oxygens (including phenoxy) is 2. The molecule has 2 aromatic rings. The fourth-order valence-electron chi connectivity index (χ4n) is 2.16. The average Bonchev–Trinajstić information content (AvgIpc) is 2.93. The molecule has 0 saturated carbocycles. The Morgan fingerprint density at radius 3 is 2.57 bits per heavy atom. The maximum atomic E-state index is 12.0. The van der Waals surface area contributed by atoms with Crippen molar-refractivity contribution in [2.75, 3.05) is 13.2 Å². The summed E-state index contributed by atoms with van der Waals surface area (Å²) in [7, 11) is 0. The minimum Gasteiger partial charge on any atom is -0.490 e. The first-order chi connectivity index (χ1) is 11.1. The molecule has 1 aromatic carbocycles. The lowest BCUT2D eigenvalue weighted by molar-refractivity contribution is 0.0702. The summed E-state index contributed by atoms with van der Waals surface area (Å²) in [5.74, 6) is 0.0621. The van der Waals surface area contributed by atoms with Crippen molar-refractivity contribution in [3.63, 3.8) is 0 Å². The lowest BCUT2D eigenvalue weighted by Gasteiger charge is -2.10. The van der Waals surface area contributed by atoms with E-state index >= 15 is 0 Å². The minimum atomic E-state index is -1.03. The number of benzene rings is 1. The number of amides is 1. The summed E-state index contributed by atoms with van der Waals surface area (Å²) in [6.45, 7) is 1.57. The first kappa shape index (κ1) is 15.4. The van der Waals surface area contributed by atoms with Gasteiger partial charge in [0.15, 0.2) is 11.5 Å². The standard InChI is InChI=1S/C16H15NO5S/c18-15(13-4-5-14(23-13)16(19)20)17-9-10-2-3-11-12(8-10)22-7-1-6-21-11/h2-5,8H,1,6-7,9H2,(H,17,18)(H,19,20). The van der Waals surface area contributed by atoms with E-state index in [1.165, 1.54) is 12.1 Å². The van der Waals surface area contributed by atoms with Gasteiger partial charge >= 0.3 is 5.97 Å². The average molecular weight is 333 g/mol. The van der Waals surface area contributed by atoms with E-state index in [0.717, 1.165) is 23.3 Å². The van der Waals surface area contributed by atoms with E-state index in [2.05, 4.69) is 5.32 Å². The topological polar surface area (TPSA) is 84.9 Å². The Morgan fingerprint density at radius 2 is 1.83 bits per heavy atom. The van der Waals surface area contributed by atoms with Gasteiger partial charge in [-0.1, -0.05) is 6.07 Å². The van der Waals surface area contributed by atoms with Crippen molar-refractivity contribution in [2.45, 2.75) is 13.0 Å². The van der Waals surface area contributed by atoms with Gasteiger partial charge in [-0.25, -0.2) is 4.79 Å². The van der Waals surface area contributed by atoms with Gasteiger partial charge < -0.3 is 19.9 Å². The van der Waals surface area contributed by atoms with Crippen LogP contribution in [-0.4, -0.2) is 30.2 Å². The summed E-state index contributed by atoms with van der Waals surface area (Å²) < 4.78 is 11.2. The van der Waals surface area contributed by atoms with E-state index < -0.39 is 5.97 Å². The second-order valence-electron chi connectivity index (χ2n) is 4.98. The summed E-state index contributed by atoms with van der Waals surface area (Å²) >= 11 is 0.954. The zero-order chi connectivity index (χ0) is 16.2. The van der Waals surface area contributed by atoms with Crippen molar-refractivity contribution in [3.8, 4) is 11.5 Å². The van der Waals surface area contributed by atoms with Crippen LogP contribution in [0.3, 0.4) is 0 Å². The molecule has 120 valence electrons. The molecule has 0 atom stereocenters. The van der Waals surface area contributed by atoms with E-state index in [9.17, 15) is 9.59 Å². The molecule has 0 spiro atoms. The molecule has 0 radical (unpaired) electrons. The molecule has 3 rings (SSSR count). The zero-order valence-corrected chi connectivity index (χ0v) is 13.0. The maximum Gasteiger partial charge on any atom is 0.345 e. The maximum absolute atomic E-state index is 12.0. The molecule has 0 bridgehead atoms. The van der Waals surface area contributed by atoms with Gasteiger partial charge in [0.2, 0.25) is 0 Å². The fourth-order valence-corrected chi connectivity index (χ4v) is 2.92. The molecule has 0 aliphatic carbocycles. The van der Waals surface area contributed by atoms with Crippen LogP contribution in [0.5, 0.6) is 11.5 Å². The fraction of sp³-hybridized carbons (Fsp3) is 0.250. The van der Waals surface area contributed by atoms with Crippen LogP contribution in [0.15, 0.2) is 30.3 Å². The highest BCUT2D eigenvalue weighted by atomic mass is 32.1. The van der Waals surface area contributed by atoms with Crippen molar-refractivity contribution >= 4 is 23.2 Å². The van der Waals surface area contributed by atoms with E-state index in [1.54, 1.807) is 0 Å². The summed E-state index contributed by atoms with van der Waals surface area (Å²) in [6, 6.07) is 8.48. The van der Waals surface area contributed by atoms with Crippen molar-refractivity contribution in [3.05, 3.63) is 45.6 Å². The molecule has 1 amide bonds. The van der Waals surface area contributed by atoms with Crippen LogP contribution in [0, 0.1) is 0 Å². The van der Waals surface area contributed by atoms with E-state index in [4.69, 9.17) is 14.6 Å². The third-order valence-corrected chi connectivity index (χ3v) is 4.38. The third kappa shape index (κ3) is 3.62. The molecule has 7 heteroatoms. The molecule has 0 saturated heterocycles. The Morgan fingerprint density at radius 1 is 1.09 bits per heavy atom. The second-order valence-corrected chi connectivity index (χ2v) is 6.07. The smallest absolute Gasteiger partial charge is 0.345 e. The molecule has 0 unspecified atom stereocenters. The summed E-state index contributed by atoms with van der Waals surface area (Å²) in [6.07, 6.45) is 0.838. The summed E-state index contributed by atoms with van der Waals surface area (Å²) in [4.78, 5) is 23.4. The van der Waals surface area contributed by atoms with Gasteiger partial charge in [-0.05, 0) is 29.8 Å². The van der Waals surface area contributed by atoms with Crippen molar-refractivity contribution in [2.24, 2.45) is 0 Å². The van der Waals surface area contributed by atoms with Gasteiger partial charge in [0.05, 0.1) is 18.1 Å². The van der Waals surface area contributed by atoms with Crippen molar-refractivity contribution < 1.29 is 24.2 Å². The molecule has 1 aromatic heterocycles. The molecule has 1 aliphatic heterocycles. The van der Waals surface area contributed by atoms with Gasteiger partial charge in [0, 0.05) is 13.0 Å². The van der Waals surface area contributed by atoms with Crippen LogP contribution in [0.1, 0.15) is 31.3 Å². The number of carboxylic acids is 1. The van der Waals surface area contributed by atoms with Crippen LogP contribution >= 0.6 is 11.3 Å². The first-order valence-corrected chi connectivity index (χ1v) is 7.95. The highest BCUT2D eigenvalue weighted by Gasteiger charge is 2.14. The van der Waals surface area contributed by atoms with Crippen molar-refractivity contribution in [1.82, 2.24) is 5.32 Å². The Labute approximate surface area is 136 Å². The number of fused-ring (bicyclic) bond motifs is 1. The molecule has 23 heavy (non-hydrogen) atoms. The lowest BCUT2D eigenvalue weighted by atomic mass is 10.2. The van der Waals surface area contributed by atoms with Gasteiger partial charge in [-0.2, -0.15) is 0 Å². The molecule has 2 N–H and O–H groups in total. The van der Waals surface area contributed by atoms with Gasteiger partial charge in [-0.15, -0.1) is 11.3 Å². The normalized spacial score (nSPS) is 13.2. The Balaban J connectivity index is 1.64. The number of hydrogen-bond acceptors (Lipinski definition) is 5. The zero-order valence-electron chi connectivity index (χ0n) is 12.2. The quantitative estimate of drug-likeness (QED) is 0.898. The van der Waals surface area contributed by atoms with Crippen LogP contribution in [0.2, 0.25) is 0 Å². The summed E-state index contributed by atoms with van der Waals surface area (Å²) in [5, 5.41) is 11.6. The Hall–Kier alpha value is -2.54. The van der Waals surface area contributed by atoms with Gasteiger partial charge in [0.25, 0.3) is 5.91 Å². The Bertz CT molecular complexity index is 740. The highest BCUT2D eigenvalue weighted by molar-refractivity contribution is 7.15. The van der Waals surface area contributed by atoms with E-state index in [1.807, 2.05) is 18.2 Å². The molecular weight excluding hydrogens is 318 g/mol. The number of carboxylic acid groups (broad SMARTS) is 1. The monoisotopic (exact) mass is 333 g/mol. The lowest BCUT2D eigenvalue weighted by Crippen LogP contribution is -2.21. The summed E-state index contributed by atoms with van der Waals surface area (Å²) in [5.41, 5.74) is 0.887. The Kier molecular flexibility index (Phi) is 4.47. The predicted octanol–water partition coefficient (Wildman–Crippen LogP) is 2.54. The number of thiophene rings is 1. The SMILES string of the molecule is O=C(O)c1ccc(C(=O)NCc2ccc3c(c2)OCCCO3)s1. The van der Waals surface area contributed by atoms with Crippen LogP contribution in [0.4, 0.5) is 0 Å². The molecule has 1 aliphatic rings. The third-order valence-electron chi connectivity index (χ3n) is 3.31.